The number of nitrogens with zero attached hydrogens (tertiary/aromatic N) is 3. The zero-order chi connectivity index (χ0) is 13.1. The van der Waals surface area contributed by atoms with Gasteiger partial charge in [-0.15, -0.1) is 0 Å². The summed E-state index contributed by atoms with van der Waals surface area (Å²) in [5, 5.41) is 10.8. The molecule has 1 aromatic carbocycles. The van der Waals surface area contributed by atoms with Crippen molar-refractivity contribution in [1.82, 2.24) is 9.97 Å². The molecule has 0 fully saturated rings. The van der Waals surface area contributed by atoms with Crippen molar-refractivity contribution < 1.29 is 14.1 Å². The topological polar surface area (TPSA) is 78.2 Å². The Morgan fingerprint density at radius 3 is 2.78 bits per heavy atom. The van der Waals surface area contributed by atoms with Crippen molar-refractivity contribution in [1.29, 1.82) is 0 Å². The van der Waals surface area contributed by atoms with Crippen LogP contribution in [0.5, 0.6) is 11.6 Å². The van der Waals surface area contributed by atoms with Crippen LogP contribution in [-0.2, 0) is 0 Å². The summed E-state index contributed by atoms with van der Waals surface area (Å²) < 4.78 is 18.1. The van der Waals surface area contributed by atoms with Gasteiger partial charge in [0.1, 0.15) is 17.3 Å². The number of hydrogen-bond donors (Lipinski definition) is 0. The fourth-order valence-corrected chi connectivity index (χ4v) is 1.34. The van der Waals surface area contributed by atoms with Gasteiger partial charge in [0.15, 0.2) is 0 Å². The second kappa shape index (κ2) is 4.92. The van der Waals surface area contributed by atoms with E-state index in [2.05, 4.69) is 9.97 Å². The molecule has 92 valence electrons. The van der Waals surface area contributed by atoms with E-state index in [0.29, 0.717) is 0 Å². The zero-order valence-corrected chi connectivity index (χ0v) is 9.46. The van der Waals surface area contributed by atoms with Crippen molar-refractivity contribution in [3.63, 3.8) is 0 Å². The molecule has 0 bridgehead atoms. The minimum Gasteiger partial charge on any atom is -0.432 e. The molecular formula is C10H5ClFN3O3. The summed E-state index contributed by atoms with van der Waals surface area (Å²) in [5.74, 6) is -0.922. The lowest BCUT2D eigenvalue weighted by Crippen LogP contribution is -1.95. The molecule has 0 saturated heterocycles. The summed E-state index contributed by atoms with van der Waals surface area (Å²) in [6, 6.07) is 4.13. The van der Waals surface area contributed by atoms with Gasteiger partial charge in [0.05, 0.1) is 4.92 Å². The van der Waals surface area contributed by atoms with Crippen molar-refractivity contribution in [2.45, 2.75) is 0 Å². The van der Waals surface area contributed by atoms with E-state index in [-0.39, 0.29) is 22.5 Å². The molecule has 2 aromatic rings. The van der Waals surface area contributed by atoms with Crippen molar-refractivity contribution in [2.24, 2.45) is 0 Å². The standard InChI is InChI=1S/C10H5ClFN3O3/c11-9-4-10(14-5-13-9)18-8-3-6(12)1-2-7(8)15(16)17/h1-5H. The number of nitro groups is 1. The number of ether oxygens (including phenoxy) is 1. The SMILES string of the molecule is O=[N+]([O-])c1ccc(F)cc1Oc1cc(Cl)ncn1. The van der Waals surface area contributed by atoms with E-state index in [1.54, 1.807) is 0 Å². The molecule has 0 aliphatic carbocycles. The Hall–Kier alpha value is -2.28. The average molecular weight is 270 g/mol. The van der Waals surface area contributed by atoms with Gasteiger partial charge in [-0.1, -0.05) is 11.6 Å². The number of halogens is 2. The number of benzene rings is 1. The van der Waals surface area contributed by atoms with E-state index in [1.165, 1.54) is 6.07 Å². The highest BCUT2D eigenvalue weighted by atomic mass is 35.5. The number of nitro benzene ring substituents is 1. The molecule has 2 rings (SSSR count). The maximum absolute atomic E-state index is 13.0. The van der Waals surface area contributed by atoms with Crippen LogP contribution >= 0.6 is 11.6 Å². The molecular weight excluding hydrogens is 265 g/mol. The van der Waals surface area contributed by atoms with Crippen LogP contribution in [0.3, 0.4) is 0 Å². The summed E-state index contributed by atoms with van der Waals surface area (Å²) in [4.78, 5) is 17.4. The monoisotopic (exact) mass is 269 g/mol. The van der Waals surface area contributed by atoms with Crippen molar-refractivity contribution in [2.75, 3.05) is 0 Å². The predicted molar refractivity (Wildman–Crippen MR) is 60.2 cm³/mol. The van der Waals surface area contributed by atoms with E-state index in [1.807, 2.05) is 0 Å². The van der Waals surface area contributed by atoms with Gasteiger partial charge in [-0.3, -0.25) is 10.1 Å². The Morgan fingerprint density at radius 2 is 2.11 bits per heavy atom. The smallest absolute Gasteiger partial charge is 0.311 e. The maximum atomic E-state index is 13.0. The number of hydrogen-bond acceptors (Lipinski definition) is 5. The summed E-state index contributed by atoms with van der Waals surface area (Å²) in [5.41, 5.74) is -0.369. The highest BCUT2D eigenvalue weighted by Gasteiger charge is 2.17. The molecule has 0 atom stereocenters. The van der Waals surface area contributed by atoms with Crippen LogP contribution in [0.15, 0.2) is 30.6 Å². The van der Waals surface area contributed by atoms with Crippen LogP contribution in [0.4, 0.5) is 10.1 Å². The first-order chi connectivity index (χ1) is 8.56. The van der Waals surface area contributed by atoms with Crippen molar-refractivity contribution in [3.05, 3.63) is 51.7 Å². The Labute approximate surface area is 105 Å². The van der Waals surface area contributed by atoms with Gasteiger partial charge in [-0.2, -0.15) is 0 Å². The van der Waals surface area contributed by atoms with Gasteiger partial charge >= 0.3 is 5.69 Å². The molecule has 1 aromatic heterocycles. The summed E-state index contributed by atoms with van der Waals surface area (Å²) >= 11 is 5.61. The molecule has 8 heteroatoms. The number of rotatable bonds is 3. The van der Waals surface area contributed by atoms with E-state index in [0.717, 1.165) is 24.5 Å². The molecule has 0 amide bonds. The molecule has 0 radical (unpaired) electrons. The first-order valence-corrected chi connectivity index (χ1v) is 5.03. The summed E-state index contributed by atoms with van der Waals surface area (Å²) in [6.45, 7) is 0. The molecule has 18 heavy (non-hydrogen) atoms. The lowest BCUT2D eigenvalue weighted by Gasteiger charge is -2.05. The van der Waals surface area contributed by atoms with Gasteiger partial charge in [0.25, 0.3) is 0 Å². The van der Waals surface area contributed by atoms with Gasteiger partial charge < -0.3 is 4.74 Å². The lowest BCUT2D eigenvalue weighted by atomic mass is 10.3. The van der Waals surface area contributed by atoms with E-state index in [4.69, 9.17) is 16.3 Å². The highest BCUT2D eigenvalue weighted by molar-refractivity contribution is 6.29. The van der Waals surface area contributed by atoms with Crippen LogP contribution in [0.2, 0.25) is 5.15 Å². The average Bonchev–Trinajstić information content (AvgIpc) is 2.28. The molecule has 6 nitrogen and oxygen atoms in total. The molecule has 0 spiro atoms. The Bertz CT molecular complexity index is 609. The van der Waals surface area contributed by atoms with E-state index in [9.17, 15) is 14.5 Å². The molecule has 0 N–H and O–H groups in total. The summed E-state index contributed by atoms with van der Waals surface area (Å²) in [7, 11) is 0. The van der Waals surface area contributed by atoms with Gasteiger partial charge in [0, 0.05) is 18.2 Å². The Kier molecular flexibility index (Phi) is 3.33. The first-order valence-electron chi connectivity index (χ1n) is 4.65. The molecule has 1 heterocycles. The normalized spacial score (nSPS) is 10.1. The largest absolute Gasteiger partial charge is 0.432 e. The first kappa shape index (κ1) is 12.2. The van der Waals surface area contributed by atoms with E-state index < -0.39 is 10.7 Å². The molecule has 0 saturated carbocycles. The number of aromatic nitrogens is 2. The Morgan fingerprint density at radius 1 is 1.33 bits per heavy atom. The Balaban J connectivity index is 2.39. The molecule has 0 aliphatic heterocycles. The minimum atomic E-state index is -0.683. The third-order valence-electron chi connectivity index (χ3n) is 1.94. The maximum Gasteiger partial charge on any atom is 0.311 e. The lowest BCUT2D eigenvalue weighted by molar-refractivity contribution is -0.385. The quantitative estimate of drug-likeness (QED) is 0.486. The van der Waals surface area contributed by atoms with Crippen LogP contribution in [0.25, 0.3) is 0 Å². The molecule has 0 aliphatic rings. The van der Waals surface area contributed by atoms with E-state index >= 15 is 0 Å². The third-order valence-corrected chi connectivity index (χ3v) is 2.15. The fraction of sp³-hybridized carbons (Fsp3) is 0. The van der Waals surface area contributed by atoms with Crippen molar-refractivity contribution >= 4 is 17.3 Å². The summed E-state index contributed by atoms with van der Waals surface area (Å²) in [6.07, 6.45) is 1.13. The van der Waals surface area contributed by atoms with Crippen molar-refractivity contribution in [3.8, 4) is 11.6 Å². The second-order valence-corrected chi connectivity index (χ2v) is 3.54. The third kappa shape index (κ3) is 2.69. The van der Waals surface area contributed by atoms with Crippen LogP contribution in [-0.4, -0.2) is 14.9 Å². The van der Waals surface area contributed by atoms with Crippen LogP contribution < -0.4 is 4.74 Å². The zero-order valence-electron chi connectivity index (χ0n) is 8.71. The van der Waals surface area contributed by atoms with Crippen LogP contribution in [0, 0.1) is 15.9 Å². The van der Waals surface area contributed by atoms with Crippen LogP contribution in [0.1, 0.15) is 0 Å². The second-order valence-electron chi connectivity index (χ2n) is 3.15. The predicted octanol–water partition coefficient (Wildman–Crippen LogP) is 2.97. The highest BCUT2D eigenvalue weighted by Crippen LogP contribution is 2.31. The van der Waals surface area contributed by atoms with Gasteiger partial charge in [0.2, 0.25) is 11.6 Å². The van der Waals surface area contributed by atoms with Gasteiger partial charge in [-0.25, -0.2) is 14.4 Å². The fourth-order valence-electron chi connectivity index (χ4n) is 1.21. The minimum absolute atomic E-state index is 0.0105. The molecule has 0 unspecified atom stereocenters. The van der Waals surface area contributed by atoms with Gasteiger partial charge in [-0.05, 0) is 6.07 Å².